The summed E-state index contributed by atoms with van der Waals surface area (Å²) in [5.41, 5.74) is 1.97. The molecule has 4 aromatic rings. The van der Waals surface area contributed by atoms with E-state index in [9.17, 15) is 19.8 Å². The number of aromatic hydroxyl groups is 1. The fourth-order valence-corrected chi connectivity index (χ4v) is 4.38. The first-order valence-electron chi connectivity index (χ1n) is 10.2. The molecule has 0 fully saturated rings. The first kappa shape index (κ1) is 20.8. The number of carbonyl (C=O) groups is 2. The number of nitrogens with zero attached hydrogens (tertiary/aromatic N) is 1. The molecule has 1 aromatic heterocycles. The average molecular weight is 460 g/mol. The monoisotopic (exact) mass is 459 g/mol. The molecule has 164 valence electrons. The van der Waals surface area contributed by atoms with E-state index in [-0.39, 0.29) is 22.8 Å². The zero-order valence-corrected chi connectivity index (χ0v) is 18.2. The number of benzene rings is 3. The number of furan rings is 1. The number of aliphatic hydroxyl groups is 1. The van der Waals surface area contributed by atoms with E-state index in [1.165, 1.54) is 17.0 Å². The topological polar surface area (TPSA) is 91.0 Å². The third-order valence-corrected chi connectivity index (χ3v) is 6.01. The van der Waals surface area contributed by atoms with Crippen LogP contribution in [-0.2, 0) is 4.79 Å². The van der Waals surface area contributed by atoms with Gasteiger partial charge < -0.3 is 14.6 Å². The van der Waals surface area contributed by atoms with E-state index < -0.39 is 23.5 Å². The number of phenolic OH excluding ortho intramolecular Hbond substituents is 1. The standard InChI is InChI=1S/C26H18ClNO5/c1-14-6-2-3-7-17(14)23-22(24(30)21-13-15-12-16(27)10-11-20(15)33-21)25(31)26(32)28(23)18-8-4-5-9-19(18)29/h2-13,23,29,31H,1H3. The van der Waals surface area contributed by atoms with Crippen LogP contribution in [0.1, 0.15) is 27.7 Å². The fraction of sp³-hybridized carbons (Fsp3) is 0.0769. The molecule has 1 aliphatic rings. The summed E-state index contributed by atoms with van der Waals surface area (Å²) in [7, 11) is 0. The van der Waals surface area contributed by atoms with Gasteiger partial charge in [-0.15, -0.1) is 0 Å². The van der Waals surface area contributed by atoms with Gasteiger partial charge in [0.05, 0.1) is 17.3 Å². The second-order valence-electron chi connectivity index (χ2n) is 7.81. The van der Waals surface area contributed by atoms with Crippen LogP contribution in [0.2, 0.25) is 5.02 Å². The number of Topliss-reactive ketones (excluding diaryl/α,β-unsaturated/α-hetero) is 1. The maximum absolute atomic E-state index is 13.6. The predicted molar refractivity (Wildman–Crippen MR) is 125 cm³/mol. The van der Waals surface area contributed by atoms with Crippen molar-refractivity contribution >= 4 is 39.9 Å². The van der Waals surface area contributed by atoms with Crippen LogP contribution in [0.4, 0.5) is 5.69 Å². The third-order valence-electron chi connectivity index (χ3n) is 5.78. The molecular weight excluding hydrogens is 442 g/mol. The number of aryl methyl sites for hydroxylation is 1. The predicted octanol–water partition coefficient (Wildman–Crippen LogP) is 5.88. The number of para-hydroxylation sites is 2. The van der Waals surface area contributed by atoms with Crippen LogP contribution in [0.25, 0.3) is 11.0 Å². The van der Waals surface area contributed by atoms with Crippen molar-refractivity contribution in [2.45, 2.75) is 13.0 Å². The van der Waals surface area contributed by atoms with Crippen molar-refractivity contribution in [3.63, 3.8) is 0 Å². The van der Waals surface area contributed by atoms with Gasteiger partial charge in [0.25, 0.3) is 5.91 Å². The minimum Gasteiger partial charge on any atom is -0.506 e. The molecule has 2 heterocycles. The minimum atomic E-state index is -0.962. The summed E-state index contributed by atoms with van der Waals surface area (Å²) >= 11 is 6.05. The number of phenols is 1. The molecular formula is C26H18ClNO5. The fourth-order valence-electron chi connectivity index (χ4n) is 4.20. The highest BCUT2D eigenvalue weighted by Crippen LogP contribution is 2.45. The second-order valence-corrected chi connectivity index (χ2v) is 8.24. The molecule has 5 rings (SSSR count). The van der Waals surface area contributed by atoms with Crippen molar-refractivity contribution in [1.82, 2.24) is 0 Å². The van der Waals surface area contributed by atoms with Crippen molar-refractivity contribution in [2.24, 2.45) is 0 Å². The Morgan fingerprint density at radius 3 is 2.48 bits per heavy atom. The van der Waals surface area contributed by atoms with Crippen LogP contribution in [0, 0.1) is 6.92 Å². The molecule has 1 amide bonds. The first-order valence-corrected chi connectivity index (χ1v) is 10.6. The number of halogens is 1. The van der Waals surface area contributed by atoms with Crippen molar-refractivity contribution in [3.8, 4) is 5.75 Å². The number of aliphatic hydroxyl groups excluding tert-OH is 1. The SMILES string of the molecule is Cc1ccccc1C1C(C(=O)c2cc3cc(Cl)ccc3o2)=C(O)C(=O)N1c1ccccc1O. The van der Waals surface area contributed by atoms with Gasteiger partial charge in [0, 0.05) is 10.4 Å². The van der Waals surface area contributed by atoms with Gasteiger partial charge in [0.15, 0.2) is 11.5 Å². The van der Waals surface area contributed by atoms with Gasteiger partial charge in [-0.05, 0) is 54.4 Å². The smallest absolute Gasteiger partial charge is 0.294 e. The quantitative estimate of drug-likeness (QED) is 0.372. The maximum Gasteiger partial charge on any atom is 0.294 e. The molecule has 2 N–H and O–H groups in total. The maximum atomic E-state index is 13.6. The van der Waals surface area contributed by atoms with Gasteiger partial charge in [-0.25, -0.2) is 0 Å². The molecule has 0 aliphatic carbocycles. The van der Waals surface area contributed by atoms with E-state index in [1.54, 1.807) is 48.5 Å². The molecule has 7 heteroatoms. The summed E-state index contributed by atoms with van der Waals surface area (Å²) in [5, 5.41) is 22.5. The Morgan fingerprint density at radius 2 is 1.73 bits per heavy atom. The summed E-state index contributed by atoms with van der Waals surface area (Å²) in [6, 6.07) is 19.1. The zero-order valence-electron chi connectivity index (χ0n) is 17.4. The van der Waals surface area contributed by atoms with Crippen LogP contribution in [0.3, 0.4) is 0 Å². The van der Waals surface area contributed by atoms with E-state index in [1.807, 2.05) is 19.1 Å². The Labute approximate surface area is 193 Å². The Balaban J connectivity index is 1.70. The second kappa shape index (κ2) is 7.83. The van der Waals surface area contributed by atoms with Gasteiger partial charge in [-0.3, -0.25) is 14.5 Å². The highest BCUT2D eigenvalue weighted by atomic mass is 35.5. The molecule has 0 bridgehead atoms. The van der Waals surface area contributed by atoms with Crippen LogP contribution in [0.15, 0.2) is 88.5 Å². The van der Waals surface area contributed by atoms with Gasteiger partial charge in [-0.2, -0.15) is 0 Å². The van der Waals surface area contributed by atoms with E-state index >= 15 is 0 Å². The van der Waals surface area contributed by atoms with Crippen LogP contribution in [-0.4, -0.2) is 21.9 Å². The highest BCUT2D eigenvalue weighted by molar-refractivity contribution is 6.31. The van der Waals surface area contributed by atoms with Crippen molar-refractivity contribution in [2.75, 3.05) is 4.90 Å². The molecule has 6 nitrogen and oxygen atoms in total. The number of ketones is 1. The lowest BCUT2D eigenvalue weighted by Gasteiger charge is -2.28. The van der Waals surface area contributed by atoms with Crippen LogP contribution >= 0.6 is 11.6 Å². The lowest BCUT2D eigenvalue weighted by Crippen LogP contribution is -2.31. The van der Waals surface area contributed by atoms with Crippen molar-refractivity contribution in [1.29, 1.82) is 0 Å². The lowest BCUT2D eigenvalue weighted by atomic mass is 9.92. The Kier molecular flexibility index (Phi) is 4.95. The number of carbonyl (C=O) groups excluding carboxylic acids is 2. The average Bonchev–Trinajstić information content (AvgIpc) is 3.33. The van der Waals surface area contributed by atoms with E-state index in [2.05, 4.69) is 0 Å². The molecule has 0 spiro atoms. The summed E-state index contributed by atoms with van der Waals surface area (Å²) in [6.45, 7) is 1.85. The van der Waals surface area contributed by atoms with E-state index in [0.717, 1.165) is 5.56 Å². The Hall–Kier alpha value is -4.03. The molecule has 3 aromatic carbocycles. The van der Waals surface area contributed by atoms with Gasteiger partial charge in [0.1, 0.15) is 11.3 Å². The number of anilines is 1. The van der Waals surface area contributed by atoms with Crippen LogP contribution in [0.5, 0.6) is 5.75 Å². The number of amides is 1. The molecule has 0 saturated carbocycles. The number of rotatable bonds is 4. The molecule has 0 radical (unpaired) electrons. The summed E-state index contributed by atoms with van der Waals surface area (Å²) < 4.78 is 5.73. The number of hydrogen-bond acceptors (Lipinski definition) is 5. The van der Waals surface area contributed by atoms with Crippen molar-refractivity contribution in [3.05, 3.63) is 106 Å². The van der Waals surface area contributed by atoms with Crippen molar-refractivity contribution < 1.29 is 24.2 Å². The Morgan fingerprint density at radius 1 is 1.00 bits per heavy atom. The molecule has 1 aliphatic heterocycles. The van der Waals surface area contributed by atoms with E-state index in [4.69, 9.17) is 16.0 Å². The molecule has 1 atom stereocenters. The zero-order chi connectivity index (χ0) is 23.3. The third kappa shape index (κ3) is 3.36. The highest BCUT2D eigenvalue weighted by Gasteiger charge is 2.46. The van der Waals surface area contributed by atoms with Gasteiger partial charge >= 0.3 is 0 Å². The molecule has 33 heavy (non-hydrogen) atoms. The molecule has 1 unspecified atom stereocenters. The lowest BCUT2D eigenvalue weighted by molar-refractivity contribution is -0.117. The van der Waals surface area contributed by atoms with Crippen LogP contribution < -0.4 is 4.90 Å². The van der Waals surface area contributed by atoms with Gasteiger partial charge in [-0.1, -0.05) is 48.0 Å². The summed E-state index contributed by atoms with van der Waals surface area (Å²) in [6.07, 6.45) is 0. The Bertz CT molecular complexity index is 1470. The summed E-state index contributed by atoms with van der Waals surface area (Å²) in [5.74, 6) is -2.27. The van der Waals surface area contributed by atoms with Gasteiger partial charge in [0.2, 0.25) is 5.78 Å². The largest absolute Gasteiger partial charge is 0.506 e. The number of hydrogen-bond donors (Lipinski definition) is 2. The molecule has 0 saturated heterocycles. The summed E-state index contributed by atoms with van der Waals surface area (Å²) in [4.78, 5) is 28.1. The minimum absolute atomic E-state index is 0.0284. The normalized spacial score (nSPS) is 16.1. The van der Waals surface area contributed by atoms with E-state index in [0.29, 0.717) is 21.6 Å². The first-order chi connectivity index (χ1) is 15.9. The number of fused-ring (bicyclic) bond motifs is 1.